The van der Waals surface area contributed by atoms with Crippen molar-refractivity contribution < 1.29 is 48.5 Å². The molecule has 1 fully saturated rings. The molecule has 1 unspecified atom stereocenters. The molecule has 1 saturated heterocycles. The zero-order chi connectivity index (χ0) is 24.3. The summed E-state index contributed by atoms with van der Waals surface area (Å²) in [4.78, 5) is 29.6. The first-order valence-corrected chi connectivity index (χ1v) is 11.5. The van der Waals surface area contributed by atoms with E-state index in [-0.39, 0.29) is 5.91 Å². The Morgan fingerprint density at radius 2 is 1.76 bits per heavy atom. The van der Waals surface area contributed by atoms with Crippen LogP contribution in [-0.4, -0.2) is 75.4 Å². The maximum absolute atomic E-state index is 11.9. The number of amides is 1. The summed E-state index contributed by atoms with van der Waals surface area (Å²) >= 11 is 0. The van der Waals surface area contributed by atoms with Gasteiger partial charge in [0.2, 0.25) is 6.29 Å². The van der Waals surface area contributed by atoms with Crippen LogP contribution < -0.4 is 10.1 Å². The fourth-order valence-electron chi connectivity index (χ4n) is 3.39. The van der Waals surface area contributed by atoms with E-state index in [0.717, 1.165) is 11.1 Å². The second kappa shape index (κ2) is 10.3. The number of ether oxygens (including phenoxy) is 2. The topological polar surface area (TPSA) is 175 Å². The summed E-state index contributed by atoms with van der Waals surface area (Å²) < 4.78 is 26.4. The van der Waals surface area contributed by atoms with Crippen molar-refractivity contribution in [3.8, 4) is 16.9 Å². The second-order valence-corrected chi connectivity index (χ2v) is 8.80. The molecule has 2 aromatic rings. The number of phosphoric ester groups is 1. The molecule has 33 heavy (non-hydrogen) atoms. The first-order chi connectivity index (χ1) is 15.5. The fraction of sp³-hybridized carbons (Fsp3) is 0.381. The number of hydrogen-bond donors (Lipinski definition) is 6. The summed E-state index contributed by atoms with van der Waals surface area (Å²) in [5.41, 5.74) is 2.76. The number of rotatable bonds is 7. The number of aliphatic hydroxyl groups is 3. The number of aliphatic hydroxyl groups excluding tert-OH is 3. The van der Waals surface area contributed by atoms with Crippen molar-refractivity contribution in [2.45, 2.75) is 37.6 Å². The van der Waals surface area contributed by atoms with Crippen LogP contribution >= 0.6 is 7.82 Å². The van der Waals surface area contributed by atoms with Crippen LogP contribution in [0.1, 0.15) is 15.9 Å². The summed E-state index contributed by atoms with van der Waals surface area (Å²) in [6, 6.07) is 12.2. The van der Waals surface area contributed by atoms with Gasteiger partial charge in [0.15, 0.2) is 0 Å². The lowest BCUT2D eigenvalue weighted by molar-refractivity contribution is -0.276. The lowest BCUT2D eigenvalue weighted by Gasteiger charge is -2.40. The normalized spacial score (nSPS) is 25.5. The maximum atomic E-state index is 11.9. The molecule has 1 aliphatic heterocycles. The molecule has 0 aliphatic carbocycles. The highest BCUT2D eigenvalue weighted by atomic mass is 31.2. The van der Waals surface area contributed by atoms with Gasteiger partial charge in [0.25, 0.3) is 5.91 Å². The first kappa shape index (κ1) is 25.3. The molecule has 6 N–H and O–H groups in total. The summed E-state index contributed by atoms with van der Waals surface area (Å²) in [7, 11) is -3.29. The average molecular weight is 483 g/mol. The van der Waals surface area contributed by atoms with E-state index >= 15 is 0 Å². The molecule has 3 rings (SSSR count). The quantitative estimate of drug-likeness (QED) is 0.301. The highest BCUT2D eigenvalue weighted by Gasteiger charge is 2.45. The van der Waals surface area contributed by atoms with Crippen molar-refractivity contribution in [2.75, 3.05) is 13.7 Å². The van der Waals surface area contributed by atoms with Gasteiger partial charge in [0, 0.05) is 12.6 Å². The van der Waals surface area contributed by atoms with Gasteiger partial charge in [-0.05, 0) is 47.9 Å². The van der Waals surface area contributed by atoms with Crippen molar-refractivity contribution in [3.63, 3.8) is 0 Å². The lowest BCUT2D eigenvalue weighted by atomic mass is 9.99. The van der Waals surface area contributed by atoms with Crippen LogP contribution in [0.5, 0.6) is 5.75 Å². The molecule has 0 aromatic heterocycles. The summed E-state index contributed by atoms with van der Waals surface area (Å²) in [6.07, 6.45) is -7.76. The van der Waals surface area contributed by atoms with Crippen LogP contribution in [0.3, 0.4) is 0 Å². The Labute approximate surface area is 189 Å². The number of benzene rings is 2. The molecule has 12 heteroatoms. The van der Waals surface area contributed by atoms with Gasteiger partial charge in [-0.1, -0.05) is 18.2 Å². The van der Waals surface area contributed by atoms with Crippen LogP contribution in [0.2, 0.25) is 0 Å². The largest absolute Gasteiger partial charge is 0.469 e. The number of aryl methyl sites for hydroxylation is 1. The minimum atomic E-state index is -4.84. The smallest absolute Gasteiger partial charge is 0.462 e. The number of hydrogen-bond acceptors (Lipinski definition) is 8. The Kier molecular flexibility index (Phi) is 7.88. The van der Waals surface area contributed by atoms with Crippen LogP contribution in [0.15, 0.2) is 42.5 Å². The van der Waals surface area contributed by atoms with Gasteiger partial charge in [0.05, 0.1) is 6.61 Å². The van der Waals surface area contributed by atoms with Crippen molar-refractivity contribution in [2.24, 2.45) is 0 Å². The SMILES string of the molecule is CNC(=O)c1cccc(-c2ccc(OC3O[C@H](COP(=O)(O)O)[C@@H](O)[C@H](O)[C@@H]3O)c(C)c2)c1. The second-order valence-electron chi connectivity index (χ2n) is 7.56. The molecule has 0 spiro atoms. The molecular weight excluding hydrogens is 457 g/mol. The molecule has 0 saturated carbocycles. The Hall–Kier alpha value is -2.34. The molecule has 1 aliphatic rings. The molecule has 0 bridgehead atoms. The van der Waals surface area contributed by atoms with E-state index in [0.29, 0.717) is 16.9 Å². The highest BCUT2D eigenvalue weighted by molar-refractivity contribution is 7.46. The fourth-order valence-corrected chi connectivity index (χ4v) is 3.73. The number of carbonyl (C=O) groups is 1. The Morgan fingerprint density at radius 1 is 1.06 bits per heavy atom. The molecule has 180 valence electrons. The van der Waals surface area contributed by atoms with Crippen LogP contribution in [0.25, 0.3) is 11.1 Å². The van der Waals surface area contributed by atoms with Crippen LogP contribution in [0, 0.1) is 6.92 Å². The van der Waals surface area contributed by atoms with E-state index in [1.54, 1.807) is 50.4 Å². The third kappa shape index (κ3) is 6.17. The van der Waals surface area contributed by atoms with Crippen molar-refractivity contribution in [3.05, 3.63) is 53.6 Å². The Bertz CT molecular complexity index is 1040. The monoisotopic (exact) mass is 483 g/mol. The first-order valence-electron chi connectivity index (χ1n) is 9.99. The maximum Gasteiger partial charge on any atom is 0.469 e. The molecule has 1 heterocycles. The average Bonchev–Trinajstić information content (AvgIpc) is 2.78. The van der Waals surface area contributed by atoms with Crippen molar-refractivity contribution in [1.29, 1.82) is 0 Å². The molecule has 1 amide bonds. The predicted molar refractivity (Wildman–Crippen MR) is 115 cm³/mol. The van der Waals surface area contributed by atoms with Gasteiger partial charge in [0.1, 0.15) is 30.2 Å². The van der Waals surface area contributed by atoms with Crippen molar-refractivity contribution >= 4 is 13.7 Å². The van der Waals surface area contributed by atoms with E-state index < -0.39 is 45.1 Å². The van der Waals surface area contributed by atoms with Gasteiger partial charge < -0.3 is 39.9 Å². The lowest BCUT2D eigenvalue weighted by Crippen LogP contribution is -2.60. The van der Waals surface area contributed by atoms with Crippen LogP contribution in [0.4, 0.5) is 0 Å². The predicted octanol–water partition coefficient (Wildman–Crippen LogP) is 0.317. The van der Waals surface area contributed by atoms with Crippen LogP contribution in [-0.2, 0) is 13.8 Å². The number of phosphoric acid groups is 1. The van der Waals surface area contributed by atoms with E-state index in [1.165, 1.54) is 0 Å². The molecular formula is C21H26NO10P. The van der Waals surface area contributed by atoms with Gasteiger partial charge in [-0.2, -0.15) is 0 Å². The van der Waals surface area contributed by atoms with E-state index in [2.05, 4.69) is 9.84 Å². The van der Waals surface area contributed by atoms with Gasteiger partial charge in [-0.3, -0.25) is 9.32 Å². The van der Waals surface area contributed by atoms with Gasteiger partial charge >= 0.3 is 7.82 Å². The third-order valence-electron chi connectivity index (χ3n) is 5.18. The molecule has 5 atom stereocenters. The zero-order valence-corrected chi connectivity index (χ0v) is 18.8. The molecule has 11 nitrogen and oxygen atoms in total. The van der Waals surface area contributed by atoms with E-state index in [9.17, 15) is 24.7 Å². The Morgan fingerprint density at radius 3 is 2.39 bits per heavy atom. The summed E-state index contributed by atoms with van der Waals surface area (Å²) in [6.45, 7) is 1.02. The van der Waals surface area contributed by atoms with E-state index in [1.807, 2.05) is 6.07 Å². The van der Waals surface area contributed by atoms with Gasteiger partial charge in [-0.15, -0.1) is 0 Å². The highest BCUT2D eigenvalue weighted by Crippen LogP contribution is 2.37. The summed E-state index contributed by atoms with van der Waals surface area (Å²) in [5.74, 6) is 0.0958. The van der Waals surface area contributed by atoms with Gasteiger partial charge in [-0.25, -0.2) is 4.57 Å². The zero-order valence-electron chi connectivity index (χ0n) is 17.9. The minimum Gasteiger partial charge on any atom is -0.462 e. The molecule has 0 radical (unpaired) electrons. The molecule has 2 aromatic carbocycles. The van der Waals surface area contributed by atoms with E-state index in [4.69, 9.17) is 19.3 Å². The minimum absolute atomic E-state index is 0.213. The van der Waals surface area contributed by atoms with Crippen molar-refractivity contribution in [1.82, 2.24) is 5.32 Å². The third-order valence-corrected chi connectivity index (χ3v) is 5.66. The number of nitrogens with one attached hydrogen (secondary N) is 1. The summed E-state index contributed by atoms with van der Waals surface area (Å²) in [5, 5.41) is 33.0. The Balaban J connectivity index is 1.77. The number of carbonyl (C=O) groups excluding carboxylic acids is 1. The standard InChI is InChI=1S/C21H26NO10P/c1-11-8-13(12-4-3-5-14(9-12)20(26)22-2)6-7-15(11)31-21-19(25)18(24)17(23)16(32-21)10-30-33(27,28)29/h3-9,16-19,21,23-25H,10H2,1-2H3,(H,22,26)(H2,27,28,29)/t16-,17-,18+,19+,21?/m1/s1.